The minimum absolute atomic E-state index is 0. The summed E-state index contributed by atoms with van der Waals surface area (Å²) in [5.41, 5.74) is -1.99. The minimum Gasteiger partial charge on any atom is -0.478 e. The van der Waals surface area contributed by atoms with Crippen LogP contribution in [0.1, 0.15) is 15.9 Å². The average molecular weight is 245 g/mol. The van der Waals surface area contributed by atoms with Gasteiger partial charge in [-0.2, -0.15) is 13.2 Å². The molecule has 0 saturated heterocycles. The molecule has 0 saturated carbocycles. The second kappa shape index (κ2) is 4.48. The lowest BCUT2D eigenvalue weighted by atomic mass is 10.1. The SMILES string of the molecule is Cl.O=C(O)c1ccc(C(F)(F)F)c(F)c1. The second-order valence-corrected chi connectivity index (χ2v) is 2.50. The second-order valence-electron chi connectivity index (χ2n) is 2.50. The third kappa shape index (κ3) is 3.09. The maximum atomic E-state index is 12.7. The van der Waals surface area contributed by atoms with Gasteiger partial charge >= 0.3 is 12.1 Å². The smallest absolute Gasteiger partial charge is 0.419 e. The monoisotopic (exact) mass is 244 g/mol. The van der Waals surface area contributed by atoms with Crippen LogP contribution >= 0.6 is 12.4 Å². The van der Waals surface area contributed by atoms with Crippen LogP contribution < -0.4 is 0 Å². The third-order valence-electron chi connectivity index (χ3n) is 1.52. The summed E-state index contributed by atoms with van der Waals surface area (Å²) < 4.78 is 48.7. The Kier molecular flexibility index (Phi) is 4.09. The number of hydrogen-bond acceptors (Lipinski definition) is 1. The van der Waals surface area contributed by atoms with Crippen LogP contribution in [0.4, 0.5) is 17.6 Å². The zero-order chi connectivity index (χ0) is 10.9. The molecule has 0 amide bonds. The molecule has 0 atom stereocenters. The highest BCUT2D eigenvalue weighted by molar-refractivity contribution is 5.87. The van der Waals surface area contributed by atoms with E-state index in [-0.39, 0.29) is 12.4 Å². The van der Waals surface area contributed by atoms with Gasteiger partial charge in [-0.25, -0.2) is 9.18 Å². The summed E-state index contributed by atoms with van der Waals surface area (Å²) in [5.74, 6) is -3.06. The van der Waals surface area contributed by atoms with Crippen LogP contribution in [0.5, 0.6) is 0 Å². The highest BCUT2D eigenvalue weighted by atomic mass is 35.5. The fraction of sp³-hybridized carbons (Fsp3) is 0.125. The fourth-order valence-electron chi connectivity index (χ4n) is 0.878. The summed E-state index contributed by atoms with van der Waals surface area (Å²) in [7, 11) is 0. The van der Waals surface area contributed by atoms with Crippen LogP contribution in [0, 0.1) is 5.82 Å². The van der Waals surface area contributed by atoms with Gasteiger partial charge in [0.2, 0.25) is 0 Å². The molecule has 0 aliphatic carbocycles. The van der Waals surface area contributed by atoms with Crippen LogP contribution in [0.3, 0.4) is 0 Å². The van der Waals surface area contributed by atoms with Gasteiger partial charge in [-0.1, -0.05) is 0 Å². The Morgan fingerprint density at radius 1 is 1.27 bits per heavy atom. The van der Waals surface area contributed by atoms with Gasteiger partial charge < -0.3 is 5.11 Å². The Morgan fingerprint density at radius 2 is 1.80 bits per heavy atom. The van der Waals surface area contributed by atoms with Gasteiger partial charge in [0, 0.05) is 0 Å². The quantitative estimate of drug-likeness (QED) is 0.771. The van der Waals surface area contributed by atoms with Crippen LogP contribution in [-0.2, 0) is 6.18 Å². The van der Waals surface area contributed by atoms with E-state index >= 15 is 0 Å². The van der Waals surface area contributed by atoms with Gasteiger partial charge in [-0.05, 0) is 18.2 Å². The number of rotatable bonds is 1. The molecule has 0 aliphatic rings. The maximum absolute atomic E-state index is 12.7. The lowest BCUT2D eigenvalue weighted by Gasteiger charge is -2.07. The van der Waals surface area contributed by atoms with E-state index in [1.807, 2.05) is 0 Å². The van der Waals surface area contributed by atoms with Gasteiger partial charge in [0.25, 0.3) is 0 Å². The maximum Gasteiger partial charge on any atom is 0.419 e. The molecule has 84 valence electrons. The van der Waals surface area contributed by atoms with Gasteiger partial charge in [-0.3, -0.25) is 0 Å². The number of alkyl halides is 3. The molecule has 0 aliphatic heterocycles. The van der Waals surface area contributed by atoms with Crippen molar-refractivity contribution in [2.75, 3.05) is 0 Å². The van der Waals surface area contributed by atoms with Crippen molar-refractivity contribution in [3.05, 3.63) is 35.1 Å². The Labute approximate surface area is 87.9 Å². The van der Waals surface area contributed by atoms with E-state index in [1.165, 1.54) is 0 Å². The molecule has 2 nitrogen and oxygen atoms in total. The van der Waals surface area contributed by atoms with Gasteiger partial charge in [0.1, 0.15) is 5.82 Å². The largest absolute Gasteiger partial charge is 0.478 e. The fourth-order valence-corrected chi connectivity index (χ4v) is 0.878. The number of carbonyl (C=O) groups is 1. The van der Waals surface area contributed by atoms with Crippen molar-refractivity contribution >= 4 is 18.4 Å². The summed E-state index contributed by atoms with van der Waals surface area (Å²) in [5, 5.41) is 8.36. The van der Waals surface area contributed by atoms with Crippen LogP contribution in [0.2, 0.25) is 0 Å². The molecule has 0 aromatic heterocycles. The summed E-state index contributed by atoms with van der Waals surface area (Å²) in [6.45, 7) is 0. The van der Waals surface area contributed by atoms with Crippen molar-refractivity contribution in [2.45, 2.75) is 6.18 Å². The van der Waals surface area contributed by atoms with E-state index < -0.39 is 29.1 Å². The lowest BCUT2D eigenvalue weighted by molar-refractivity contribution is -0.140. The normalized spacial score (nSPS) is 10.7. The summed E-state index contributed by atoms with van der Waals surface area (Å²) in [6, 6.07) is 1.44. The number of aromatic carboxylic acids is 1. The van der Waals surface area contributed by atoms with E-state index in [2.05, 4.69) is 0 Å². The topological polar surface area (TPSA) is 37.3 Å². The van der Waals surface area contributed by atoms with Crippen molar-refractivity contribution in [1.82, 2.24) is 0 Å². The first kappa shape index (κ1) is 13.7. The zero-order valence-corrected chi connectivity index (χ0v) is 7.82. The van der Waals surface area contributed by atoms with E-state index in [9.17, 15) is 22.4 Å². The Bertz CT molecular complexity index is 375. The molecule has 0 radical (unpaired) electrons. The van der Waals surface area contributed by atoms with Gasteiger partial charge in [0.15, 0.2) is 0 Å². The predicted octanol–water partition coefficient (Wildman–Crippen LogP) is 2.96. The first-order valence-corrected chi connectivity index (χ1v) is 3.42. The molecule has 7 heteroatoms. The number of benzene rings is 1. The summed E-state index contributed by atoms with van der Waals surface area (Å²) >= 11 is 0. The number of hydrogen-bond donors (Lipinski definition) is 1. The highest BCUT2D eigenvalue weighted by Crippen LogP contribution is 2.31. The van der Waals surface area contributed by atoms with E-state index in [0.717, 1.165) is 0 Å². The number of halogens is 5. The van der Waals surface area contributed by atoms with Crippen LogP contribution in [0.25, 0.3) is 0 Å². The van der Waals surface area contributed by atoms with Gasteiger partial charge in [0.05, 0.1) is 11.1 Å². The van der Waals surface area contributed by atoms with E-state index in [4.69, 9.17) is 5.11 Å². The summed E-state index contributed by atoms with van der Waals surface area (Å²) in [4.78, 5) is 10.3. The molecule has 1 aromatic carbocycles. The molecule has 0 bridgehead atoms. The molecule has 0 unspecified atom stereocenters. The van der Waals surface area contributed by atoms with Crippen molar-refractivity contribution in [3.8, 4) is 0 Å². The third-order valence-corrected chi connectivity index (χ3v) is 1.52. The number of carboxylic acids is 1. The van der Waals surface area contributed by atoms with Gasteiger partial charge in [-0.15, -0.1) is 12.4 Å². The van der Waals surface area contributed by atoms with Crippen LogP contribution in [0.15, 0.2) is 18.2 Å². The van der Waals surface area contributed by atoms with Crippen molar-refractivity contribution < 1.29 is 27.5 Å². The lowest BCUT2D eigenvalue weighted by Crippen LogP contribution is -2.09. The Hall–Kier alpha value is -1.30. The molecular weight excluding hydrogens is 240 g/mol. The minimum atomic E-state index is -4.80. The standard InChI is InChI=1S/C8H4F4O2.ClH/c9-6-3-4(7(13)14)1-2-5(6)8(10,11)12;/h1-3H,(H,13,14);1H. The number of carboxylic acid groups (broad SMARTS) is 1. The van der Waals surface area contributed by atoms with E-state index in [1.54, 1.807) is 0 Å². The first-order chi connectivity index (χ1) is 6.32. The molecule has 1 rings (SSSR count). The molecule has 0 fully saturated rings. The highest BCUT2D eigenvalue weighted by Gasteiger charge is 2.34. The molecule has 0 heterocycles. The first-order valence-electron chi connectivity index (χ1n) is 3.42. The predicted molar refractivity (Wildman–Crippen MR) is 45.6 cm³/mol. The molecule has 1 aromatic rings. The average Bonchev–Trinajstić information content (AvgIpc) is 2.01. The molecular formula is C8H5ClF4O2. The Balaban J connectivity index is 0.00000196. The molecule has 1 N–H and O–H groups in total. The summed E-state index contributed by atoms with van der Waals surface area (Å²) in [6.07, 6.45) is -4.80. The van der Waals surface area contributed by atoms with E-state index in [0.29, 0.717) is 18.2 Å². The van der Waals surface area contributed by atoms with Crippen LogP contribution in [-0.4, -0.2) is 11.1 Å². The zero-order valence-electron chi connectivity index (χ0n) is 7.01. The van der Waals surface area contributed by atoms with Crippen molar-refractivity contribution in [3.63, 3.8) is 0 Å². The Morgan fingerprint density at radius 3 is 2.13 bits per heavy atom. The van der Waals surface area contributed by atoms with Crippen molar-refractivity contribution in [2.24, 2.45) is 0 Å². The molecule has 0 spiro atoms. The van der Waals surface area contributed by atoms with Crippen molar-refractivity contribution in [1.29, 1.82) is 0 Å². The molecule has 15 heavy (non-hydrogen) atoms.